The van der Waals surface area contributed by atoms with Crippen LogP contribution in [0.4, 0.5) is 0 Å². The van der Waals surface area contributed by atoms with Crippen LogP contribution in [0.15, 0.2) is 29.2 Å². The van der Waals surface area contributed by atoms with E-state index < -0.39 is 5.97 Å². The van der Waals surface area contributed by atoms with E-state index >= 15 is 0 Å². The fourth-order valence-electron chi connectivity index (χ4n) is 1.39. The molecule has 2 N–H and O–H groups in total. The lowest BCUT2D eigenvalue weighted by molar-refractivity contribution is -0.136. The van der Waals surface area contributed by atoms with Crippen LogP contribution >= 0.6 is 11.8 Å². The first-order valence-corrected chi connectivity index (χ1v) is 6.69. The molecule has 0 aliphatic heterocycles. The Kier molecular flexibility index (Phi) is 5.71. The number of thioether (sulfide) groups is 1. The SMILES string of the molecule is CC(C)NC(=O)CSc1ccc(CC(=O)O)cc1. The van der Waals surface area contributed by atoms with Crippen molar-refractivity contribution >= 4 is 23.6 Å². The Balaban J connectivity index is 2.44. The molecule has 0 aromatic heterocycles. The largest absolute Gasteiger partial charge is 0.481 e. The van der Waals surface area contributed by atoms with Gasteiger partial charge in [-0.25, -0.2) is 0 Å². The van der Waals surface area contributed by atoms with Crippen molar-refractivity contribution in [3.63, 3.8) is 0 Å². The van der Waals surface area contributed by atoms with Crippen molar-refractivity contribution in [2.45, 2.75) is 31.2 Å². The van der Waals surface area contributed by atoms with Crippen LogP contribution < -0.4 is 5.32 Å². The molecule has 0 atom stereocenters. The molecule has 1 rings (SSSR count). The van der Waals surface area contributed by atoms with Gasteiger partial charge in [0.05, 0.1) is 12.2 Å². The van der Waals surface area contributed by atoms with E-state index in [1.807, 2.05) is 26.0 Å². The Bertz CT molecular complexity index is 415. The van der Waals surface area contributed by atoms with Crippen LogP contribution in [0, 0.1) is 0 Å². The molecule has 0 bridgehead atoms. The molecule has 1 aromatic carbocycles. The lowest BCUT2D eigenvalue weighted by atomic mass is 10.2. The minimum absolute atomic E-state index is 0.00427. The summed E-state index contributed by atoms with van der Waals surface area (Å²) in [5.74, 6) is -0.465. The second-order valence-electron chi connectivity index (χ2n) is 4.23. The summed E-state index contributed by atoms with van der Waals surface area (Å²) >= 11 is 1.44. The van der Waals surface area contributed by atoms with Crippen molar-refractivity contribution in [3.05, 3.63) is 29.8 Å². The summed E-state index contributed by atoms with van der Waals surface area (Å²) in [6.07, 6.45) is 0.0266. The van der Waals surface area contributed by atoms with Gasteiger partial charge in [-0.1, -0.05) is 12.1 Å². The number of carbonyl (C=O) groups excluding carboxylic acids is 1. The van der Waals surface area contributed by atoms with E-state index in [0.29, 0.717) is 5.75 Å². The molecule has 18 heavy (non-hydrogen) atoms. The fraction of sp³-hybridized carbons (Fsp3) is 0.385. The summed E-state index contributed by atoms with van der Waals surface area (Å²) < 4.78 is 0. The molecule has 0 radical (unpaired) electrons. The van der Waals surface area contributed by atoms with Crippen molar-refractivity contribution in [2.24, 2.45) is 0 Å². The standard InChI is InChI=1S/C13H17NO3S/c1-9(2)14-12(15)8-18-11-5-3-10(4-6-11)7-13(16)17/h3-6,9H,7-8H2,1-2H3,(H,14,15)(H,16,17). The van der Waals surface area contributed by atoms with Crippen molar-refractivity contribution in [1.82, 2.24) is 5.32 Å². The number of hydrogen-bond acceptors (Lipinski definition) is 3. The first-order chi connectivity index (χ1) is 8.47. The smallest absolute Gasteiger partial charge is 0.307 e. The first-order valence-electron chi connectivity index (χ1n) is 5.70. The Morgan fingerprint density at radius 1 is 1.28 bits per heavy atom. The van der Waals surface area contributed by atoms with Gasteiger partial charge in [0, 0.05) is 10.9 Å². The monoisotopic (exact) mass is 267 g/mol. The van der Waals surface area contributed by atoms with E-state index in [1.54, 1.807) is 12.1 Å². The number of nitrogens with one attached hydrogen (secondary N) is 1. The summed E-state index contributed by atoms with van der Waals surface area (Å²) in [7, 11) is 0. The average molecular weight is 267 g/mol. The Morgan fingerprint density at radius 3 is 2.39 bits per heavy atom. The van der Waals surface area contributed by atoms with Crippen molar-refractivity contribution in [2.75, 3.05) is 5.75 Å². The van der Waals surface area contributed by atoms with Gasteiger partial charge in [0.25, 0.3) is 0 Å². The van der Waals surface area contributed by atoms with E-state index in [2.05, 4.69) is 5.32 Å². The third kappa shape index (κ3) is 5.72. The maximum atomic E-state index is 11.4. The van der Waals surface area contributed by atoms with Gasteiger partial charge in [-0.15, -0.1) is 11.8 Å². The van der Waals surface area contributed by atoms with Gasteiger partial charge < -0.3 is 10.4 Å². The highest BCUT2D eigenvalue weighted by Gasteiger charge is 2.05. The molecule has 0 aliphatic rings. The molecule has 0 fully saturated rings. The van der Waals surface area contributed by atoms with E-state index in [-0.39, 0.29) is 18.4 Å². The number of hydrogen-bond donors (Lipinski definition) is 2. The summed E-state index contributed by atoms with van der Waals surface area (Å²) in [5, 5.41) is 11.5. The van der Waals surface area contributed by atoms with E-state index in [9.17, 15) is 9.59 Å². The third-order valence-corrected chi connectivity index (χ3v) is 3.11. The number of carbonyl (C=O) groups is 2. The highest BCUT2D eigenvalue weighted by atomic mass is 32.2. The van der Waals surface area contributed by atoms with Crippen molar-refractivity contribution in [1.29, 1.82) is 0 Å². The minimum atomic E-state index is -0.841. The number of carboxylic acid groups (broad SMARTS) is 1. The molecule has 0 saturated carbocycles. The predicted octanol–water partition coefficient (Wildman–Crippen LogP) is 1.93. The summed E-state index contributed by atoms with van der Waals surface area (Å²) in [6, 6.07) is 7.38. The Morgan fingerprint density at radius 2 is 1.89 bits per heavy atom. The zero-order valence-corrected chi connectivity index (χ0v) is 11.3. The predicted molar refractivity (Wildman–Crippen MR) is 71.8 cm³/mol. The molecule has 0 aliphatic carbocycles. The molecule has 1 aromatic rings. The zero-order chi connectivity index (χ0) is 13.5. The lowest BCUT2D eigenvalue weighted by Crippen LogP contribution is -2.31. The van der Waals surface area contributed by atoms with Crippen molar-refractivity contribution in [3.8, 4) is 0 Å². The van der Waals surface area contributed by atoms with Gasteiger partial charge in [0.2, 0.25) is 5.91 Å². The van der Waals surface area contributed by atoms with Crippen LogP contribution in [-0.4, -0.2) is 28.8 Å². The van der Waals surface area contributed by atoms with Gasteiger partial charge in [-0.05, 0) is 31.5 Å². The van der Waals surface area contributed by atoms with Gasteiger partial charge in [-0.3, -0.25) is 9.59 Å². The number of aliphatic carboxylic acids is 1. The molecule has 0 heterocycles. The summed E-state index contributed by atoms with van der Waals surface area (Å²) in [4.78, 5) is 22.9. The minimum Gasteiger partial charge on any atom is -0.481 e. The second-order valence-corrected chi connectivity index (χ2v) is 5.27. The highest BCUT2D eigenvalue weighted by molar-refractivity contribution is 8.00. The first kappa shape index (κ1) is 14.6. The molecule has 0 spiro atoms. The quantitative estimate of drug-likeness (QED) is 0.773. The van der Waals surface area contributed by atoms with E-state index in [4.69, 9.17) is 5.11 Å². The number of rotatable bonds is 6. The Hall–Kier alpha value is -1.49. The molecule has 0 unspecified atom stereocenters. The molecule has 98 valence electrons. The highest BCUT2D eigenvalue weighted by Crippen LogP contribution is 2.18. The van der Waals surface area contributed by atoms with Crippen LogP contribution in [0.25, 0.3) is 0 Å². The van der Waals surface area contributed by atoms with Gasteiger partial charge in [0.1, 0.15) is 0 Å². The number of carboxylic acids is 1. The maximum absolute atomic E-state index is 11.4. The molecule has 5 heteroatoms. The van der Waals surface area contributed by atoms with Crippen LogP contribution in [0.2, 0.25) is 0 Å². The van der Waals surface area contributed by atoms with Crippen LogP contribution in [0.3, 0.4) is 0 Å². The van der Waals surface area contributed by atoms with E-state index in [0.717, 1.165) is 10.5 Å². The molecule has 1 amide bonds. The van der Waals surface area contributed by atoms with Gasteiger partial charge >= 0.3 is 5.97 Å². The topological polar surface area (TPSA) is 66.4 Å². The summed E-state index contributed by atoms with van der Waals surface area (Å²) in [5.41, 5.74) is 0.762. The van der Waals surface area contributed by atoms with Gasteiger partial charge in [-0.2, -0.15) is 0 Å². The molecular weight excluding hydrogens is 250 g/mol. The number of benzene rings is 1. The Labute approximate surface area is 111 Å². The average Bonchev–Trinajstić information content (AvgIpc) is 2.26. The fourth-order valence-corrected chi connectivity index (χ4v) is 2.10. The zero-order valence-electron chi connectivity index (χ0n) is 10.5. The number of amides is 1. The van der Waals surface area contributed by atoms with Crippen LogP contribution in [-0.2, 0) is 16.0 Å². The third-order valence-electron chi connectivity index (χ3n) is 2.10. The lowest BCUT2D eigenvalue weighted by Gasteiger charge is -2.08. The van der Waals surface area contributed by atoms with E-state index in [1.165, 1.54) is 11.8 Å². The summed E-state index contributed by atoms with van der Waals surface area (Å²) in [6.45, 7) is 3.84. The normalized spacial score (nSPS) is 10.4. The van der Waals surface area contributed by atoms with Crippen molar-refractivity contribution < 1.29 is 14.7 Å². The molecular formula is C13H17NO3S. The molecule has 4 nitrogen and oxygen atoms in total. The van der Waals surface area contributed by atoms with Crippen LogP contribution in [0.5, 0.6) is 0 Å². The second kappa shape index (κ2) is 7.06. The van der Waals surface area contributed by atoms with Crippen LogP contribution in [0.1, 0.15) is 19.4 Å². The van der Waals surface area contributed by atoms with Gasteiger partial charge in [0.15, 0.2) is 0 Å². The maximum Gasteiger partial charge on any atom is 0.307 e. The molecule has 0 saturated heterocycles.